The highest BCUT2D eigenvalue weighted by Crippen LogP contribution is 2.13. The van der Waals surface area contributed by atoms with Crippen LogP contribution in [0.1, 0.15) is 78.1 Å². The zero-order valence-corrected chi connectivity index (χ0v) is 19.7. The van der Waals surface area contributed by atoms with Crippen LogP contribution in [-0.2, 0) is 9.59 Å². The van der Waals surface area contributed by atoms with E-state index in [4.69, 9.17) is 10.2 Å². The van der Waals surface area contributed by atoms with Crippen LogP contribution in [0.15, 0.2) is 0 Å². The lowest BCUT2D eigenvalue weighted by Gasteiger charge is -2.33. The van der Waals surface area contributed by atoms with E-state index < -0.39 is 11.9 Å². The third-order valence-corrected chi connectivity index (χ3v) is 5.10. The Morgan fingerprint density at radius 3 is 1.43 bits per heavy atom. The van der Waals surface area contributed by atoms with E-state index in [1.807, 2.05) is 35.2 Å². The van der Waals surface area contributed by atoms with Crippen LogP contribution in [0, 0.1) is 0 Å². The summed E-state index contributed by atoms with van der Waals surface area (Å²) in [5.74, 6) is -1.44. The number of likely N-dealkylation sites (N-methyl/N-ethyl adjacent to an activating group) is 2. The molecule has 1 atom stereocenters. The van der Waals surface area contributed by atoms with Crippen molar-refractivity contribution in [2.45, 2.75) is 84.1 Å². The molecule has 0 heterocycles. The minimum Gasteiger partial charge on any atom is -0.477 e. The van der Waals surface area contributed by atoms with E-state index in [0.29, 0.717) is 8.97 Å². The molecular formula is C22H48N2O4+2. The fourth-order valence-corrected chi connectivity index (χ4v) is 2.91. The van der Waals surface area contributed by atoms with Crippen LogP contribution in [0.25, 0.3) is 0 Å². The fraction of sp³-hybridized carbons (Fsp3) is 0.909. The van der Waals surface area contributed by atoms with Crippen LogP contribution in [0.5, 0.6) is 0 Å². The van der Waals surface area contributed by atoms with Crippen molar-refractivity contribution in [3.05, 3.63) is 0 Å². The van der Waals surface area contributed by atoms with Gasteiger partial charge < -0.3 is 19.2 Å². The molecule has 28 heavy (non-hydrogen) atoms. The lowest BCUT2D eigenvalue weighted by atomic mass is 10.1. The van der Waals surface area contributed by atoms with E-state index in [9.17, 15) is 9.59 Å². The van der Waals surface area contributed by atoms with E-state index in [2.05, 4.69) is 6.92 Å². The summed E-state index contributed by atoms with van der Waals surface area (Å²) in [7, 11) is 9.56. The van der Waals surface area contributed by atoms with Crippen LogP contribution in [0.3, 0.4) is 0 Å². The third-order valence-electron chi connectivity index (χ3n) is 5.10. The first kappa shape index (κ1) is 29.1. The molecule has 1 unspecified atom stereocenters. The van der Waals surface area contributed by atoms with Crippen molar-refractivity contribution in [2.24, 2.45) is 0 Å². The largest absolute Gasteiger partial charge is 0.477 e. The summed E-state index contributed by atoms with van der Waals surface area (Å²) >= 11 is 0. The Morgan fingerprint density at radius 1 is 0.750 bits per heavy atom. The molecule has 0 saturated heterocycles. The standard InChI is InChI=1S/C17H35NO2.C5H11NO2/c1-5-6-7-8-9-10-11-12-13-14-15-18(3,4)16(2)17(19)20;1-6(2,3)4-5(7)8/h16H,5-15H2,1-4H3;4H2,1-3H3/p+2. The molecule has 0 aromatic carbocycles. The van der Waals surface area contributed by atoms with Gasteiger partial charge in [0.2, 0.25) is 0 Å². The SMILES string of the molecule is CCCCCCCCCCCC[N+](C)(C)C(C)C(=O)O.C[N+](C)(C)CC(=O)O. The van der Waals surface area contributed by atoms with Crippen molar-refractivity contribution in [3.63, 3.8) is 0 Å². The predicted octanol–water partition coefficient (Wildman–Crippen LogP) is 4.23. The van der Waals surface area contributed by atoms with Gasteiger partial charge in [0.05, 0.1) is 41.8 Å². The minimum absolute atomic E-state index is 0.181. The van der Waals surface area contributed by atoms with E-state index in [1.165, 1.54) is 57.8 Å². The number of carbonyl (C=O) groups is 2. The number of nitrogens with zero attached hydrogens (tertiary/aromatic N) is 2. The lowest BCUT2D eigenvalue weighted by Crippen LogP contribution is -2.51. The van der Waals surface area contributed by atoms with E-state index in [1.54, 1.807) is 6.92 Å². The second-order valence-corrected chi connectivity index (χ2v) is 9.54. The molecule has 0 fully saturated rings. The van der Waals surface area contributed by atoms with Crippen molar-refractivity contribution in [2.75, 3.05) is 48.3 Å². The Balaban J connectivity index is 0. The van der Waals surface area contributed by atoms with Crippen molar-refractivity contribution < 1.29 is 28.8 Å². The van der Waals surface area contributed by atoms with Gasteiger partial charge in [0, 0.05) is 0 Å². The maximum absolute atomic E-state index is 11.0. The molecule has 0 radical (unpaired) electrons. The Kier molecular flexibility index (Phi) is 16.3. The predicted molar refractivity (Wildman–Crippen MR) is 116 cm³/mol. The summed E-state index contributed by atoms with van der Waals surface area (Å²) in [6.45, 7) is 5.20. The first-order valence-electron chi connectivity index (χ1n) is 10.9. The van der Waals surface area contributed by atoms with Crippen molar-refractivity contribution in [1.29, 1.82) is 0 Å². The van der Waals surface area contributed by atoms with Gasteiger partial charge in [0.25, 0.3) is 0 Å². The van der Waals surface area contributed by atoms with Crippen molar-refractivity contribution >= 4 is 11.9 Å². The van der Waals surface area contributed by atoms with E-state index >= 15 is 0 Å². The summed E-state index contributed by atoms with van der Waals surface area (Å²) in [6.07, 6.45) is 13.3. The number of rotatable bonds is 15. The quantitative estimate of drug-likeness (QED) is 0.316. The number of unbranched alkanes of at least 4 members (excludes halogenated alkanes) is 9. The third kappa shape index (κ3) is 19.6. The number of hydrogen-bond acceptors (Lipinski definition) is 2. The van der Waals surface area contributed by atoms with Crippen LogP contribution in [-0.4, -0.2) is 85.5 Å². The maximum Gasteiger partial charge on any atom is 0.362 e. The number of hydrogen-bond donors (Lipinski definition) is 2. The highest BCUT2D eigenvalue weighted by atomic mass is 16.4. The average molecular weight is 405 g/mol. The Hall–Kier alpha value is -1.14. The molecular weight excluding hydrogens is 356 g/mol. The molecule has 0 aliphatic carbocycles. The topological polar surface area (TPSA) is 74.6 Å². The smallest absolute Gasteiger partial charge is 0.362 e. The number of carboxylic acids is 2. The molecule has 0 rings (SSSR count). The van der Waals surface area contributed by atoms with Gasteiger partial charge in [-0.2, -0.15) is 0 Å². The molecule has 6 heteroatoms. The van der Waals surface area contributed by atoms with E-state index in [0.717, 1.165) is 13.0 Å². The zero-order chi connectivity index (χ0) is 22.2. The molecule has 0 aromatic rings. The number of carboxylic acid groups (broad SMARTS) is 2. The molecule has 0 aliphatic rings. The molecule has 0 aliphatic heterocycles. The van der Waals surface area contributed by atoms with Gasteiger partial charge in [-0.05, 0) is 19.8 Å². The Bertz CT molecular complexity index is 417. The Morgan fingerprint density at radius 2 is 1.14 bits per heavy atom. The van der Waals surface area contributed by atoms with E-state index in [-0.39, 0.29) is 12.6 Å². The highest BCUT2D eigenvalue weighted by molar-refractivity contribution is 5.71. The van der Waals surface area contributed by atoms with Gasteiger partial charge in [-0.25, -0.2) is 9.59 Å². The van der Waals surface area contributed by atoms with Crippen LogP contribution in [0.4, 0.5) is 0 Å². The van der Waals surface area contributed by atoms with Gasteiger partial charge in [0.15, 0.2) is 12.6 Å². The van der Waals surface area contributed by atoms with Gasteiger partial charge >= 0.3 is 11.9 Å². The fourth-order valence-electron chi connectivity index (χ4n) is 2.91. The normalized spacial score (nSPS) is 12.8. The molecule has 0 saturated carbocycles. The number of aliphatic carboxylic acids is 2. The summed E-state index contributed by atoms with van der Waals surface area (Å²) < 4.78 is 1.07. The molecule has 0 aromatic heterocycles. The molecule has 0 bridgehead atoms. The molecule has 168 valence electrons. The molecule has 0 spiro atoms. The molecule has 2 N–H and O–H groups in total. The second-order valence-electron chi connectivity index (χ2n) is 9.54. The highest BCUT2D eigenvalue weighted by Gasteiger charge is 2.29. The first-order valence-corrected chi connectivity index (χ1v) is 10.9. The molecule has 0 amide bonds. The zero-order valence-electron chi connectivity index (χ0n) is 19.7. The monoisotopic (exact) mass is 404 g/mol. The van der Waals surface area contributed by atoms with Crippen LogP contribution in [0.2, 0.25) is 0 Å². The molecule has 6 nitrogen and oxygen atoms in total. The second kappa shape index (κ2) is 15.7. The van der Waals surface area contributed by atoms with Gasteiger partial charge in [0.1, 0.15) is 0 Å². The minimum atomic E-state index is -0.752. The average Bonchev–Trinajstić information content (AvgIpc) is 2.54. The summed E-state index contributed by atoms with van der Waals surface area (Å²) in [6, 6.07) is -0.312. The Labute approximate surface area is 173 Å². The summed E-state index contributed by atoms with van der Waals surface area (Å²) in [5, 5.41) is 17.3. The van der Waals surface area contributed by atoms with Crippen LogP contribution < -0.4 is 0 Å². The maximum atomic E-state index is 11.0. The van der Waals surface area contributed by atoms with Crippen LogP contribution >= 0.6 is 0 Å². The first-order chi connectivity index (χ1) is 12.8. The van der Waals surface area contributed by atoms with Gasteiger partial charge in [-0.3, -0.25) is 0 Å². The number of quaternary nitrogens is 2. The van der Waals surface area contributed by atoms with Gasteiger partial charge in [-0.1, -0.05) is 58.3 Å². The van der Waals surface area contributed by atoms with Gasteiger partial charge in [-0.15, -0.1) is 0 Å². The lowest BCUT2D eigenvalue weighted by molar-refractivity contribution is -0.904. The van der Waals surface area contributed by atoms with Crippen molar-refractivity contribution in [3.8, 4) is 0 Å². The summed E-state index contributed by atoms with van der Waals surface area (Å²) in [4.78, 5) is 21.0. The summed E-state index contributed by atoms with van der Waals surface area (Å²) in [5.41, 5.74) is 0. The van der Waals surface area contributed by atoms with Crippen molar-refractivity contribution in [1.82, 2.24) is 0 Å².